The molecule has 0 saturated carbocycles. The zero-order chi connectivity index (χ0) is 34.6. The van der Waals surface area contributed by atoms with Crippen LogP contribution in [-0.2, 0) is 29.2 Å². The van der Waals surface area contributed by atoms with Crippen LogP contribution in [0.5, 0.6) is 0 Å². The summed E-state index contributed by atoms with van der Waals surface area (Å²) in [6.45, 7) is 3.01. The zero-order valence-electron chi connectivity index (χ0n) is 25.7. The van der Waals surface area contributed by atoms with Crippen LogP contribution in [0.4, 0.5) is 10.3 Å². The van der Waals surface area contributed by atoms with Crippen LogP contribution in [0, 0.1) is 5.82 Å². The van der Waals surface area contributed by atoms with Crippen LogP contribution in [0.25, 0.3) is 17.3 Å². The number of aliphatic hydroxyl groups excluding tert-OH is 2. The molecule has 0 bridgehead atoms. The van der Waals surface area contributed by atoms with Gasteiger partial charge in [-0.15, -0.1) is 0 Å². The van der Waals surface area contributed by atoms with Crippen LogP contribution in [0.2, 0.25) is 0 Å². The number of aliphatic hydroxyl groups is 2. The van der Waals surface area contributed by atoms with Gasteiger partial charge in [0.1, 0.15) is 18.5 Å². The van der Waals surface area contributed by atoms with E-state index in [1.807, 2.05) is 13.8 Å². The summed E-state index contributed by atoms with van der Waals surface area (Å²) in [5, 5.41) is 54.8. The van der Waals surface area contributed by atoms with Crippen molar-refractivity contribution in [2.24, 2.45) is 0 Å². The third-order valence-corrected chi connectivity index (χ3v) is 7.52. The Labute approximate surface area is 265 Å². The molecule has 1 aromatic carbocycles. The first-order valence-corrected chi connectivity index (χ1v) is 15.8. The van der Waals surface area contributed by atoms with E-state index in [1.54, 1.807) is 0 Å². The normalized spacial score (nSPS) is 14.3. The van der Waals surface area contributed by atoms with Gasteiger partial charge in [0, 0.05) is 24.6 Å². The SMILES string of the molecule is CC(C)c1nc(N(C)S(C)(=O)=O)nc(-c2ccc(F)cc2)c1/C=C/C(O)CC(O)CC(=O)OCC(CCCON(O)O)ON(O)O. The molecule has 3 unspecified atom stereocenters. The van der Waals surface area contributed by atoms with E-state index in [2.05, 4.69) is 19.6 Å². The fourth-order valence-corrected chi connectivity index (χ4v) is 4.42. The highest BCUT2D eigenvalue weighted by Crippen LogP contribution is 2.31. The van der Waals surface area contributed by atoms with E-state index >= 15 is 0 Å². The van der Waals surface area contributed by atoms with Crippen LogP contribution >= 0.6 is 0 Å². The third kappa shape index (κ3) is 13.3. The summed E-state index contributed by atoms with van der Waals surface area (Å²) in [5.74, 6) is -1.72. The van der Waals surface area contributed by atoms with Gasteiger partial charge >= 0.3 is 5.97 Å². The molecule has 0 radical (unpaired) electrons. The smallest absolute Gasteiger partial charge is 0.308 e. The van der Waals surface area contributed by atoms with Gasteiger partial charge in [-0.05, 0) is 43.0 Å². The highest BCUT2D eigenvalue weighted by atomic mass is 32.2. The molecule has 0 saturated heterocycles. The Morgan fingerprint density at radius 1 is 1.07 bits per heavy atom. The Morgan fingerprint density at radius 2 is 1.72 bits per heavy atom. The lowest BCUT2D eigenvalue weighted by molar-refractivity contribution is -0.507. The maximum absolute atomic E-state index is 13.7. The van der Waals surface area contributed by atoms with Crippen LogP contribution in [0.1, 0.15) is 56.7 Å². The van der Waals surface area contributed by atoms with E-state index in [9.17, 15) is 27.8 Å². The molecule has 2 rings (SSSR count). The van der Waals surface area contributed by atoms with E-state index in [4.69, 9.17) is 25.6 Å². The molecule has 0 aliphatic carbocycles. The number of carbonyl (C=O) groups is 1. The second-order valence-corrected chi connectivity index (χ2v) is 12.5. The standard InChI is InChI=1S/C27H40FN5O12S/c1-17(2)25-23(26(18-7-9-19(28)10-8-18)30-27(29-25)31(3)46(4,41)42)12-11-20(34)14-21(35)15-24(36)43-16-22(45-33(39)40)6-5-13-44-32(37)38/h7-12,17,20-22,34-35,37-40H,5-6,13-16H2,1-4H3/b12-11+. The van der Waals surface area contributed by atoms with Gasteiger partial charge in [-0.25, -0.2) is 31.9 Å². The van der Waals surface area contributed by atoms with E-state index in [0.717, 1.165) is 10.6 Å². The minimum atomic E-state index is -3.72. The lowest BCUT2D eigenvalue weighted by atomic mass is 9.97. The van der Waals surface area contributed by atoms with Crippen molar-refractivity contribution < 1.29 is 63.1 Å². The number of ether oxygens (including phenoxy) is 1. The van der Waals surface area contributed by atoms with E-state index in [-0.39, 0.29) is 43.4 Å². The topological polar surface area (TPSA) is 236 Å². The molecule has 0 spiro atoms. The number of carbonyl (C=O) groups excluding carboxylic acids is 1. The van der Waals surface area contributed by atoms with Crippen molar-refractivity contribution in [2.45, 2.75) is 63.8 Å². The van der Waals surface area contributed by atoms with E-state index in [1.165, 1.54) is 43.5 Å². The van der Waals surface area contributed by atoms with Gasteiger partial charge in [-0.3, -0.25) is 30.5 Å². The quantitative estimate of drug-likeness (QED) is 0.0709. The Morgan fingerprint density at radius 3 is 2.28 bits per heavy atom. The van der Waals surface area contributed by atoms with Gasteiger partial charge in [-0.1, -0.05) is 26.0 Å². The molecule has 2 aromatic rings. The molecule has 0 aliphatic heterocycles. The summed E-state index contributed by atoms with van der Waals surface area (Å²) < 4.78 is 44.1. The molecule has 6 N–H and O–H groups in total. The van der Waals surface area contributed by atoms with E-state index in [0.29, 0.717) is 16.8 Å². The van der Waals surface area contributed by atoms with Crippen molar-refractivity contribution in [1.82, 2.24) is 20.7 Å². The summed E-state index contributed by atoms with van der Waals surface area (Å²) in [6, 6.07) is 5.37. The van der Waals surface area contributed by atoms with Crippen LogP contribution < -0.4 is 4.31 Å². The molecule has 3 atom stereocenters. The van der Waals surface area contributed by atoms with Gasteiger partial charge < -0.3 is 14.9 Å². The molecule has 46 heavy (non-hydrogen) atoms. The monoisotopic (exact) mass is 677 g/mol. The maximum atomic E-state index is 13.7. The molecule has 0 aliphatic rings. The first-order valence-electron chi connectivity index (χ1n) is 13.9. The summed E-state index contributed by atoms with van der Waals surface area (Å²) in [5.41, 5.74) is 1.58. The van der Waals surface area contributed by atoms with Crippen molar-refractivity contribution in [3.8, 4) is 11.3 Å². The van der Waals surface area contributed by atoms with Crippen molar-refractivity contribution in [1.29, 1.82) is 0 Å². The molecular formula is C27H40FN5O12S. The second-order valence-electron chi connectivity index (χ2n) is 10.5. The molecule has 17 nitrogen and oxygen atoms in total. The Hall–Kier alpha value is -3.21. The van der Waals surface area contributed by atoms with Crippen molar-refractivity contribution in [2.75, 3.05) is 30.8 Å². The number of aromatic nitrogens is 2. The number of nitrogens with zero attached hydrogens (tertiary/aromatic N) is 5. The predicted octanol–water partition coefficient (Wildman–Crippen LogP) is 2.03. The summed E-state index contributed by atoms with van der Waals surface area (Å²) >= 11 is 0. The van der Waals surface area contributed by atoms with Gasteiger partial charge in [0.2, 0.25) is 16.0 Å². The van der Waals surface area contributed by atoms with Crippen molar-refractivity contribution in [3.63, 3.8) is 0 Å². The third-order valence-electron chi connectivity index (χ3n) is 6.36. The molecule has 258 valence electrons. The van der Waals surface area contributed by atoms with Gasteiger partial charge in [-0.2, -0.15) is 0 Å². The first-order chi connectivity index (χ1) is 21.5. The molecule has 19 heteroatoms. The number of hydrogen-bond donors (Lipinski definition) is 6. The Kier molecular flexibility index (Phi) is 15.4. The Bertz CT molecular complexity index is 1400. The lowest BCUT2D eigenvalue weighted by Crippen LogP contribution is -2.30. The summed E-state index contributed by atoms with van der Waals surface area (Å²) in [4.78, 5) is 30.2. The van der Waals surface area contributed by atoms with Crippen molar-refractivity contribution >= 4 is 28.0 Å². The highest BCUT2D eigenvalue weighted by Gasteiger charge is 2.23. The molecule has 1 heterocycles. The number of esters is 1. The summed E-state index contributed by atoms with van der Waals surface area (Å²) in [7, 11) is -2.42. The second kappa shape index (κ2) is 18.2. The van der Waals surface area contributed by atoms with Crippen LogP contribution in [-0.4, -0.2) is 111 Å². The van der Waals surface area contributed by atoms with Gasteiger partial charge in [0.25, 0.3) is 0 Å². The van der Waals surface area contributed by atoms with Gasteiger partial charge in [0.05, 0.1) is 53.7 Å². The average Bonchev–Trinajstić information content (AvgIpc) is 2.95. The average molecular weight is 678 g/mol. The summed E-state index contributed by atoms with van der Waals surface area (Å²) in [6.07, 6.45) is -0.478. The lowest BCUT2D eigenvalue weighted by Gasteiger charge is -2.20. The number of anilines is 1. The maximum Gasteiger partial charge on any atom is 0.308 e. The minimum absolute atomic E-state index is 0.0400. The van der Waals surface area contributed by atoms with Crippen LogP contribution in [0.15, 0.2) is 30.3 Å². The molecule has 0 amide bonds. The largest absolute Gasteiger partial charge is 0.463 e. The van der Waals surface area contributed by atoms with Crippen LogP contribution in [0.3, 0.4) is 0 Å². The number of sulfonamides is 1. The fraction of sp³-hybridized carbons (Fsp3) is 0.519. The molecular weight excluding hydrogens is 637 g/mol. The Balaban J connectivity index is 2.17. The predicted molar refractivity (Wildman–Crippen MR) is 157 cm³/mol. The number of hydrogen-bond acceptors (Lipinski definition) is 16. The fourth-order valence-electron chi connectivity index (χ4n) is 4.04. The number of rotatable bonds is 19. The van der Waals surface area contributed by atoms with Gasteiger partial charge in [0.15, 0.2) is 0 Å². The molecule has 1 aromatic heterocycles. The first kappa shape index (κ1) is 39.0. The molecule has 0 fully saturated rings. The zero-order valence-corrected chi connectivity index (χ0v) is 26.5. The number of benzene rings is 1. The van der Waals surface area contributed by atoms with E-state index < -0.39 is 63.9 Å². The minimum Gasteiger partial charge on any atom is -0.463 e. The number of halogens is 1. The highest BCUT2D eigenvalue weighted by molar-refractivity contribution is 7.92. The van der Waals surface area contributed by atoms with Crippen molar-refractivity contribution in [3.05, 3.63) is 47.4 Å².